The maximum Gasteiger partial charge on any atom is 0.135 e. The van der Waals surface area contributed by atoms with E-state index in [1.165, 1.54) is 23.1 Å². The second-order valence-corrected chi connectivity index (χ2v) is 14.5. The van der Waals surface area contributed by atoms with Crippen LogP contribution in [0.5, 0.6) is 11.5 Å². The maximum atomic E-state index is 7.15. The summed E-state index contributed by atoms with van der Waals surface area (Å²) in [6.45, 7) is 8.84. The molecule has 2 bridgehead atoms. The van der Waals surface area contributed by atoms with E-state index in [9.17, 15) is 0 Å². The van der Waals surface area contributed by atoms with Crippen molar-refractivity contribution in [2.45, 2.75) is 51.4 Å². The summed E-state index contributed by atoms with van der Waals surface area (Å²) in [7, 11) is 0. The highest BCUT2D eigenvalue weighted by Gasteiger charge is 2.54. The van der Waals surface area contributed by atoms with Gasteiger partial charge in [-0.3, -0.25) is 4.98 Å². The summed E-state index contributed by atoms with van der Waals surface area (Å²) in [6, 6.07) is 48.7. The first-order valence-electron chi connectivity index (χ1n) is 18.6. The molecule has 262 valence electrons. The smallest absolute Gasteiger partial charge is 0.135 e. The quantitative estimate of drug-likeness (QED) is 0.0844. The topological polar surface area (TPSA) is 40.6 Å². The largest absolute Gasteiger partial charge is 0.489 e. The summed E-state index contributed by atoms with van der Waals surface area (Å²) < 4.78 is 21.0. The van der Waals surface area contributed by atoms with E-state index >= 15 is 0 Å². The van der Waals surface area contributed by atoms with E-state index in [2.05, 4.69) is 134 Å². The highest BCUT2D eigenvalue weighted by Crippen LogP contribution is 2.49. The lowest BCUT2D eigenvalue weighted by molar-refractivity contribution is -0.985. The molecular formula is C47H47N2O3+. The first kappa shape index (κ1) is 33.9. The lowest BCUT2D eigenvalue weighted by Crippen LogP contribution is -2.67. The third kappa shape index (κ3) is 7.52. The van der Waals surface area contributed by atoms with Gasteiger partial charge in [0.1, 0.15) is 43.4 Å². The van der Waals surface area contributed by atoms with Crippen molar-refractivity contribution in [3.63, 3.8) is 0 Å². The van der Waals surface area contributed by atoms with Crippen LogP contribution in [0.4, 0.5) is 0 Å². The van der Waals surface area contributed by atoms with Gasteiger partial charge >= 0.3 is 0 Å². The molecule has 1 aromatic heterocycles. The number of hydrogen-bond acceptors (Lipinski definition) is 4. The lowest BCUT2D eigenvalue weighted by Gasteiger charge is -2.58. The van der Waals surface area contributed by atoms with E-state index < -0.39 is 0 Å². The Morgan fingerprint density at radius 3 is 1.92 bits per heavy atom. The van der Waals surface area contributed by atoms with Gasteiger partial charge in [-0.1, -0.05) is 115 Å². The van der Waals surface area contributed by atoms with E-state index in [1.54, 1.807) is 0 Å². The van der Waals surface area contributed by atoms with E-state index in [-0.39, 0.29) is 12.1 Å². The zero-order valence-corrected chi connectivity index (χ0v) is 29.7. The number of fused-ring (bicyclic) bond motifs is 4. The molecule has 0 amide bonds. The van der Waals surface area contributed by atoms with Crippen LogP contribution in [0.2, 0.25) is 0 Å². The fraction of sp³-hybridized carbons (Fsp3) is 0.255. The third-order valence-corrected chi connectivity index (χ3v) is 11.2. The molecule has 0 saturated carbocycles. The number of aromatic nitrogens is 1. The van der Waals surface area contributed by atoms with Crippen LogP contribution in [0, 0.1) is 11.8 Å². The van der Waals surface area contributed by atoms with Crippen LogP contribution in [0.15, 0.2) is 158 Å². The molecule has 6 aromatic rings. The van der Waals surface area contributed by atoms with E-state index in [0.29, 0.717) is 31.7 Å². The number of hydrogen-bond donors (Lipinski definition) is 0. The van der Waals surface area contributed by atoms with E-state index in [0.717, 1.165) is 64.1 Å². The van der Waals surface area contributed by atoms with Crippen molar-refractivity contribution in [1.82, 2.24) is 4.98 Å². The minimum absolute atomic E-state index is 0.118. The summed E-state index contributed by atoms with van der Waals surface area (Å²) in [6.07, 6.45) is 6.30. The molecular weight excluding hydrogens is 641 g/mol. The van der Waals surface area contributed by atoms with Gasteiger partial charge in [0.25, 0.3) is 0 Å². The monoisotopic (exact) mass is 687 g/mol. The zero-order valence-electron chi connectivity index (χ0n) is 29.7. The van der Waals surface area contributed by atoms with Crippen molar-refractivity contribution < 1.29 is 18.7 Å². The molecule has 0 radical (unpaired) electrons. The van der Waals surface area contributed by atoms with Crippen molar-refractivity contribution in [2.75, 3.05) is 13.1 Å². The van der Waals surface area contributed by atoms with Gasteiger partial charge in [0.2, 0.25) is 0 Å². The van der Waals surface area contributed by atoms with E-state index in [4.69, 9.17) is 19.2 Å². The second-order valence-electron chi connectivity index (χ2n) is 14.5. The Morgan fingerprint density at radius 1 is 0.692 bits per heavy atom. The number of quaternary nitrogens is 1. The van der Waals surface area contributed by atoms with Crippen molar-refractivity contribution in [3.8, 4) is 11.5 Å². The number of ether oxygens (including phenoxy) is 3. The molecule has 3 fully saturated rings. The second kappa shape index (κ2) is 15.6. The van der Waals surface area contributed by atoms with Crippen LogP contribution in [0.1, 0.15) is 46.8 Å². The minimum Gasteiger partial charge on any atom is -0.489 e. The van der Waals surface area contributed by atoms with Gasteiger partial charge < -0.3 is 18.7 Å². The molecule has 5 heteroatoms. The normalized spacial score (nSPS) is 21.4. The Morgan fingerprint density at radius 2 is 1.29 bits per heavy atom. The number of nitrogens with zero attached hydrogens (tertiary/aromatic N) is 2. The molecule has 5 aromatic carbocycles. The molecule has 0 N–H and O–H groups in total. The van der Waals surface area contributed by atoms with Gasteiger partial charge in [-0.25, -0.2) is 0 Å². The zero-order chi connectivity index (χ0) is 35.2. The van der Waals surface area contributed by atoms with Gasteiger partial charge in [-0.05, 0) is 52.4 Å². The summed E-state index contributed by atoms with van der Waals surface area (Å²) in [4.78, 5) is 4.74. The summed E-state index contributed by atoms with van der Waals surface area (Å²) in [5.74, 6) is 2.69. The maximum absolute atomic E-state index is 7.15. The molecule has 4 heterocycles. The van der Waals surface area contributed by atoms with Crippen LogP contribution in [0.3, 0.4) is 0 Å². The Kier molecular flexibility index (Phi) is 10.1. The third-order valence-electron chi connectivity index (χ3n) is 11.2. The van der Waals surface area contributed by atoms with Gasteiger partial charge in [0, 0.05) is 42.0 Å². The average Bonchev–Trinajstić information content (AvgIpc) is 3.21. The predicted molar refractivity (Wildman–Crippen MR) is 208 cm³/mol. The van der Waals surface area contributed by atoms with Crippen LogP contribution in [0.25, 0.3) is 10.9 Å². The Hall–Kier alpha value is -5.23. The Bertz CT molecular complexity index is 2020. The van der Waals surface area contributed by atoms with Gasteiger partial charge in [-0.15, -0.1) is 6.58 Å². The van der Waals surface area contributed by atoms with Gasteiger partial charge in [0.05, 0.1) is 25.2 Å². The number of piperidine rings is 3. The van der Waals surface area contributed by atoms with Crippen molar-refractivity contribution in [2.24, 2.45) is 11.8 Å². The highest BCUT2D eigenvalue weighted by molar-refractivity contribution is 5.82. The molecule has 3 saturated heterocycles. The minimum atomic E-state index is -0.118. The lowest BCUT2D eigenvalue weighted by atomic mass is 9.71. The molecule has 5 nitrogen and oxygen atoms in total. The SMILES string of the molecule is C=C[C@H]1C[N@+]2(Cc3cc(OCc4ccccc4)cc(OCc4ccccc4)c3)CC[C@H]1C[C@H]2[C@H](OCc1ccccc1)c1ccnc2ccccc12. The fourth-order valence-corrected chi connectivity index (χ4v) is 8.63. The molecule has 0 spiro atoms. The van der Waals surface area contributed by atoms with Crippen LogP contribution >= 0.6 is 0 Å². The Labute approximate surface area is 307 Å². The average molecular weight is 688 g/mol. The fourth-order valence-electron chi connectivity index (χ4n) is 8.63. The molecule has 52 heavy (non-hydrogen) atoms. The molecule has 9 rings (SSSR count). The van der Waals surface area contributed by atoms with E-state index in [1.807, 2.05) is 24.4 Å². The van der Waals surface area contributed by atoms with Crippen LogP contribution in [-0.2, 0) is 31.1 Å². The predicted octanol–water partition coefficient (Wildman–Crippen LogP) is 10.3. The van der Waals surface area contributed by atoms with Gasteiger partial charge in [-0.2, -0.15) is 0 Å². The Balaban J connectivity index is 1.17. The van der Waals surface area contributed by atoms with Crippen molar-refractivity contribution in [1.29, 1.82) is 0 Å². The summed E-state index contributed by atoms with van der Waals surface area (Å²) in [5.41, 5.74) is 6.89. The molecule has 3 aliphatic rings. The number of para-hydroxylation sites is 1. The summed E-state index contributed by atoms with van der Waals surface area (Å²) >= 11 is 0. The molecule has 0 aliphatic carbocycles. The highest BCUT2D eigenvalue weighted by atomic mass is 16.5. The molecule has 0 unspecified atom stereocenters. The molecule has 3 aliphatic heterocycles. The number of pyridine rings is 1. The van der Waals surface area contributed by atoms with Crippen LogP contribution in [-0.4, -0.2) is 28.6 Å². The van der Waals surface area contributed by atoms with Crippen molar-refractivity contribution >= 4 is 10.9 Å². The number of rotatable bonds is 14. The number of benzene rings is 5. The van der Waals surface area contributed by atoms with Crippen LogP contribution < -0.4 is 9.47 Å². The van der Waals surface area contributed by atoms with Gasteiger partial charge in [0.15, 0.2) is 0 Å². The first-order valence-corrected chi connectivity index (χ1v) is 18.6. The summed E-state index contributed by atoms with van der Waals surface area (Å²) in [5, 5.41) is 1.16. The standard InChI is InChI=1S/C47H47N2O3/c1-2-39-31-49(30-38-26-41(50-32-35-14-6-3-7-15-35)29-42(27-38)51-33-36-16-8-4-9-17-36)25-23-40(39)28-46(49)47(52-34-37-18-10-5-11-19-37)44-22-24-48-45-21-13-12-20-43(44)45/h2-22,24,26-27,29,39-40,46-47H,1,23,25,28,30-34H2/q+1/t39-,40-,46-,47+,49+/m0/s1. The first-order chi connectivity index (χ1) is 25.7. The van der Waals surface area contributed by atoms with Crippen molar-refractivity contribution in [3.05, 3.63) is 186 Å². The molecule has 5 atom stereocenters.